The number of anilines is 1. The molecular weight excluding hydrogens is 254 g/mol. The van der Waals surface area contributed by atoms with Crippen LogP contribution in [0.4, 0.5) is 5.82 Å². The van der Waals surface area contributed by atoms with Crippen LogP contribution in [0.2, 0.25) is 0 Å². The van der Waals surface area contributed by atoms with Crippen molar-refractivity contribution in [3.63, 3.8) is 0 Å². The Bertz CT molecular complexity index is 526. The number of nitrogens with one attached hydrogen (secondary N) is 1. The second-order valence-electron chi connectivity index (χ2n) is 6.13. The van der Waals surface area contributed by atoms with Crippen molar-refractivity contribution < 1.29 is 9.90 Å². The van der Waals surface area contributed by atoms with E-state index in [9.17, 15) is 9.90 Å². The number of carboxylic acids is 1. The summed E-state index contributed by atoms with van der Waals surface area (Å²) in [6.45, 7) is 9.13. The van der Waals surface area contributed by atoms with Gasteiger partial charge in [0.15, 0.2) is 5.82 Å². The number of carboxylic acid groups (broad SMARTS) is 1. The molecule has 1 fully saturated rings. The summed E-state index contributed by atoms with van der Waals surface area (Å²) in [6.07, 6.45) is 2.53. The van der Waals surface area contributed by atoms with Crippen molar-refractivity contribution in [3.05, 3.63) is 16.8 Å². The normalized spacial score (nSPS) is 19.7. The van der Waals surface area contributed by atoms with Crippen LogP contribution in [-0.2, 0) is 12.8 Å². The van der Waals surface area contributed by atoms with E-state index in [1.807, 2.05) is 13.8 Å². The van der Waals surface area contributed by atoms with E-state index in [2.05, 4.69) is 29.4 Å². The first-order valence-corrected chi connectivity index (χ1v) is 7.26. The lowest BCUT2D eigenvalue weighted by atomic mass is 10.0. The number of hydrogen-bond acceptors (Lipinski definition) is 4. The minimum atomic E-state index is -0.927. The predicted molar refractivity (Wildman–Crippen MR) is 78.1 cm³/mol. The molecule has 5 nitrogen and oxygen atoms in total. The van der Waals surface area contributed by atoms with E-state index in [1.165, 1.54) is 6.42 Å². The van der Waals surface area contributed by atoms with E-state index in [-0.39, 0.29) is 5.56 Å². The molecule has 1 atom stereocenters. The second-order valence-corrected chi connectivity index (χ2v) is 6.13. The zero-order valence-electron chi connectivity index (χ0n) is 12.7. The molecule has 0 amide bonds. The molecule has 0 bridgehead atoms. The summed E-state index contributed by atoms with van der Waals surface area (Å²) < 4.78 is 0. The van der Waals surface area contributed by atoms with Crippen molar-refractivity contribution in [2.45, 2.75) is 47.0 Å². The molecule has 0 aromatic carbocycles. The highest BCUT2D eigenvalue weighted by molar-refractivity contribution is 5.95. The van der Waals surface area contributed by atoms with Gasteiger partial charge < -0.3 is 10.4 Å². The van der Waals surface area contributed by atoms with E-state index in [1.54, 1.807) is 0 Å². The molecule has 110 valence electrons. The predicted octanol–water partition coefficient (Wildman–Crippen LogP) is 2.76. The van der Waals surface area contributed by atoms with Gasteiger partial charge in [0.05, 0.1) is 5.69 Å². The number of aromatic carboxylic acids is 1. The van der Waals surface area contributed by atoms with Crippen LogP contribution in [0.25, 0.3) is 0 Å². The number of aryl methyl sites for hydroxylation is 1. The van der Waals surface area contributed by atoms with Crippen LogP contribution in [0.3, 0.4) is 0 Å². The zero-order valence-corrected chi connectivity index (χ0v) is 12.7. The maximum absolute atomic E-state index is 11.5. The first-order chi connectivity index (χ1) is 9.40. The fourth-order valence-corrected chi connectivity index (χ4v) is 2.67. The van der Waals surface area contributed by atoms with Gasteiger partial charge in [-0.3, -0.25) is 0 Å². The Labute approximate surface area is 119 Å². The molecular formula is C15H23N3O2. The monoisotopic (exact) mass is 277 g/mol. The van der Waals surface area contributed by atoms with Crippen molar-refractivity contribution >= 4 is 11.8 Å². The number of aromatic nitrogens is 2. The summed E-state index contributed by atoms with van der Waals surface area (Å²) in [5.41, 5.74) is 2.23. The molecule has 1 saturated carbocycles. The highest BCUT2D eigenvalue weighted by atomic mass is 16.4. The average Bonchev–Trinajstić information content (AvgIpc) is 3.02. The molecule has 0 saturated heterocycles. The molecule has 0 spiro atoms. The molecule has 1 aliphatic rings. The lowest BCUT2D eigenvalue weighted by Crippen LogP contribution is -2.17. The summed E-state index contributed by atoms with van der Waals surface area (Å²) in [7, 11) is 0. The third-order valence-corrected chi connectivity index (χ3v) is 4.29. The summed E-state index contributed by atoms with van der Waals surface area (Å²) >= 11 is 0. The molecule has 1 aliphatic carbocycles. The number of rotatable bonds is 6. The molecule has 2 N–H and O–H groups in total. The largest absolute Gasteiger partial charge is 0.478 e. The summed E-state index contributed by atoms with van der Waals surface area (Å²) in [5, 5.41) is 20.9. The van der Waals surface area contributed by atoms with Gasteiger partial charge in [-0.15, -0.1) is 5.10 Å². The lowest BCUT2D eigenvalue weighted by molar-refractivity contribution is 0.0696. The molecule has 2 rings (SSSR count). The smallest absolute Gasteiger partial charge is 0.339 e. The molecule has 1 aromatic heterocycles. The quantitative estimate of drug-likeness (QED) is 0.836. The van der Waals surface area contributed by atoms with Crippen LogP contribution < -0.4 is 5.32 Å². The fraction of sp³-hybridized carbons (Fsp3) is 0.667. The zero-order chi connectivity index (χ0) is 14.9. The molecule has 0 radical (unpaired) electrons. The van der Waals surface area contributed by atoms with E-state index >= 15 is 0 Å². The summed E-state index contributed by atoms with van der Waals surface area (Å²) in [6, 6.07) is 0. The van der Waals surface area contributed by atoms with Gasteiger partial charge in [-0.25, -0.2) is 4.79 Å². The van der Waals surface area contributed by atoms with Crippen LogP contribution in [0.15, 0.2) is 0 Å². The van der Waals surface area contributed by atoms with Crippen LogP contribution in [0, 0.1) is 11.3 Å². The number of nitrogens with zero attached hydrogens (tertiary/aromatic N) is 2. The van der Waals surface area contributed by atoms with Crippen molar-refractivity contribution in [1.82, 2.24) is 10.2 Å². The lowest BCUT2D eigenvalue weighted by Gasteiger charge is -2.14. The van der Waals surface area contributed by atoms with Crippen molar-refractivity contribution in [2.24, 2.45) is 11.3 Å². The van der Waals surface area contributed by atoms with Gasteiger partial charge in [0, 0.05) is 6.54 Å². The Balaban J connectivity index is 2.25. The fourth-order valence-electron chi connectivity index (χ4n) is 2.67. The molecule has 1 unspecified atom stereocenters. The minimum Gasteiger partial charge on any atom is -0.478 e. The van der Waals surface area contributed by atoms with Gasteiger partial charge in [0.2, 0.25) is 0 Å². The topological polar surface area (TPSA) is 75.1 Å². The van der Waals surface area contributed by atoms with Gasteiger partial charge >= 0.3 is 5.97 Å². The summed E-state index contributed by atoms with van der Waals surface area (Å²) in [4.78, 5) is 11.5. The number of hydrogen-bond donors (Lipinski definition) is 2. The standard InChI is InChI=1S/C15H23N3O2/c1-5-10-11(6-2)17-18-13(12(10)14(19)20)16-8-9-7-15(9,3)4/h9H,5-8H2,1-4H3,(H,16,18)(H,19,20). The Morgan fingerprint density at radius 2 is 2.00 bits per heavy atom. The molecule has 5 heteroatoms. The summed E-state index contributed by atoms with van der Waals surface area (Å²) in [5.74, 6) is 0.0696. The van der Waals surface area contributed by atoms with Crippen LogP contribution in [0.5, 0.6) is 0 Å². The SMILES string of the molecule is CCc1nnc(NCC2CC2(C)C)c(C(=O)O)c1CC. The third kappa shape index (κ3) is 2.76. The molecule has 1 aromatic rings. The van der Waals surface area contributed by atoms with Crippen molar-refractivity contribution in [1.29, 1.82) is 0 Å². The highest BCUT2D eigenvalue weighted by Gasteiger charge is 2.45. The molecule has 0 aliphatic heterocycles. The minimum absolute atomic E-state index is 0.290. The Kier molecular flexibility index (Phi) is 3.97. The highest BCUT2D eigenvalue weighted by Crippen LogP contribution is 2.51. The maximum atomic E-state index is 11.5. The van der Waals surface area contributed by atoms with Gasteiger partial charge in [0.1, 0.15) is 5.56 Å². The van der Waals surface area contributed by atoms with E-state index in [4.69, 9.17) is 0 Å². The molecule has 20 heavy (non-hydrogen) atoms. The average molecular weight is 277 g/mol. The van der Waals surface area contributed by atoms with E-state index in [0.29, 0.717) is 30.0 Å². The Morgan fingerprint density at radius 1 is 1.35 bits per heavy atom. The maximum Gasteiger partial charge on any atom is 0.339 e. The third-order valence-electron chi connectivity index (χ3n) is 4.29. The van der Waals surface area contributed by atoms with E-state index in [0.717, 1.165) is 17.8 Å². The van der Waals surface area contributed by atoms with Crippen molar-refractivity contribution in [3.8, 4) is 0 Å². The van der Waals surface area contributed by atoms with E-state index < -0.39 is 5.97 Å². The van der Waals surface area contributed by atoms with Crippen molar-refractivity contribution in [2.75, 3.05) is 11.9 Å². The van der Waals surface area contributed by atoms with Crippen LogP contribution >= 0.6 is 0 Å². The van der Waals surface area contributed by atoms with Gasteiger partial charge in [-0.05, 0) is 36.2 Å². The van der Waals surface area contributed by atoms with Gasteiger partial charge in [-0.2, -0.15) is 5.10 Å². The van der Waals surface area contributed by atoms with Gasteiger partial charge in [-0.1, -0.05) is 27.7 Å². The van der Waals surface area contributed by atoms with Gasteiger partial charge in [0.25, 0.3) is 0 Å². The first kappa shape index (κ1) is 14.8. The number of carbonyl (C=O) groups is 1. The Hall–Kier alpha value is -1.65. The van der Waals surface area contributed by atoms with Crippen LogP contribution in [0.1, 0.15) is 55.7 Å². The Morgan fingerprint density at radius 3 is 2.45 bits per heavy atom. The van der Waals surface area contributed by atoms with Crippen LogP contribution in [-0.4, -0.2) is 27.8 Å². The second kappa shape index (κ2) is 5.38. The molecule has 1 heterocycles. The first-order valence-electron chi connectivity index (χ1n) is 7.26.